The van der Waals surface area contributed by atoms with Crippen molar-refractivity contribution in [1.29, 1.82) is 0 Å². The molecule has 1 aromatic heterocycles. The summed E-state index contributed by atoms with van der Waals surface area (Å²) in [6, 6.07) is 14.0. The molecule has 0 amide bonds. The van der Waals surface area contributed by atoms with E-state index in [9.17, 15) is 4.39 Å². The van der Waals surface area contributed by atoms with Crippen LogP contribution in [0.2, 0.25) is 5.02 Å². The molecule has 20 heavy (non-hydrogen) atoms. The van der Waals surface area contributed by atoms with Crippen LogP contribution in [-0.4, -0.2) is 5.16 Å². The van der Waals surface area contributed by atoms with Gasteiger partial charge >= 0.3 is 0 Å². The van der Waals surface area contributed by atoms with E-state index in [0.29, 0.717) is 11.3 Å². The number of benzene rings is 2. The van der Waals surface area contributed by atoms with E-state index in [0.717, 1.165) is 5.56 Å². The lowest BCUT2D eigenvalue weighted by molar-refractivity contribution is 0.436. The van der Waals surface area contributed by atoms with E-state index in [1.54, 1.807) is 12.1 Å². The Hall–Kier alpha value is -2.33. The van der Waals surface area contributed by atoms with Crippen LogP contribution in [0, 0.1) is 5.82 Å². The van der Waals surface area contributed by atoms with Crippen molar-refractivity contribution in [3.05, 3.63) is 59.4 Å². The van der Waals surface area contributed by atoms with Gasteiger partial charge in [0.2, 0.25) is 0 Å². The van der Waals surface area contributed by atoms with Crippen LogP contribution in [0.3, 0.4) is 0 Å². The fraction of sp³-hybridized carbons (Fsp3) is 0. The molecule has 3 aromatic rings. The van der Waals surface area contributed by atoms with Gasteiger partial charge in [-0.2, -0.15) is 0 Å². The molecule has 0 atom stereocenters. The Morgan fingerprint density at radius 2 is 1.80 bits per heavy atom. The molecule has 3 nitrogen and oxygen atoms in total. The lowest BCUT2D eigenvalue weighted by Crippen LogP contribution is -1.92. The minimum atomic E-state index is -0.541. The highest BCUT2D eigenvalue weighted by Gasteiger charge is 2.21. The van der Waals surface area contributed by atoms with Crippen LogP contribution in [0.4, 0.5) is 10.2 Å². The van der Waals surface area contributed by atoms with Gasteiger partial charge in [-0.15, -0.1) is 0 Å². The highest BCUT2D eigenvalue weighted by atomic mass is 35.5. The molecule has 2 N–H and O–H groups in total. The third kappa shape index (κ3) is 2.04. The van der Waals surface area contributed by atoms with Gasteiger partial charge in [-0.3, -0.25) is 0 Å². The van der Waals surface area contributed by atoms with Crippen molar-refractivity contribution in [2.75, 3.05) is 5.73 Å². The summed E-state index contributed by atoms with van der Waals surface area (Å²) in [7, 11) is 0. The smallest absolute Gasteiger partial charge is 0.177 e. The van der Waals surface area contributed by atoms with Crippen molar-refractivity contribution in [2.45, 2.75) is 0 Å². The second-order valence-corrected chi connectivity index (χ2v) is 4.65. The molecule has 0 unspecified atom stereocenters. The van der Waals surface area contributed by atoms with Crippen LogP contribution in [0.1, 0.15) is 0 Å². The number of hydrogen-bond acceptors (Lipinski definition) is 3. The fourth-order valence-corrected chi connectivity index (χ4v) is 2.22. The van der Waals surface area contributed by atoms with E-state index in [-0.39, 0.29) is 16.4 Å². The first-order valence-electron chi connectivity index (χ1n) is 5.93. The summed E-state index contributed by atoms with van der Waals surface area (Å²) in [4.78, 5) is 0. The van der Waals surface area contributed by atoms with E-state index in [1.807, 2.05) is 30.3 Å². The molecule has 100 valence electrons. The summed E-state index contributed by atoms with van der Waals surface area (Å²) >= 11 is 5.81. The molecular formula is C15H10ClFN2O. The molecule has 3 rings (SSSR count). The molecular weight excluding hydrogens is 279 g/mol. The maximum Gasteiger partial charge on any atom is 0.177 e. The maximum absolute atomic E-state index is 14.2. The standard InChI is InChI=1S/C15H10ClFN2O/c16-11-8-4-7-10(13(11)17)12-14(20-19-15(12)18)9-5-2-1-3-6-9/h1-8H,(H2,18,19). The molecule has 0 saturated heterocycles. The van der Waals surface area contributed by atoms with Gasteiger partial charge in [-0.05, 0) is 6.07 Å². The Labute approximate surface area is 119 Å². The summed E-state index contributed by atoms with van der Waals surface area (Å²) in [6.45, 7) is 0. The molecule has 0 aliphatic heterocycles. The van der Waals surface area contributed by atoms with Gasteiger partial charge < -0.3 is 10.3 Å². The molecule has 5 heteroatoms. The number of halogens is 2. The zero-order chi connectivity index (χ0) is 14.1. The molecule has 0 spiro atoms. The monoisotopic (exact) mass is 288 g/mol. The zero-order valence-corrected chi connectivity index (χ0v) is 11.1. The average Bonchev–Trinajstić information content (AvgIpc) is 2.85. The Kier molecular flexibility index (Phi) is 3.16. The van der Waals surface area contributed by atoms with E-state index in [4.69, 9.17) is 21.9 Å². The summed E-state index contributed by atoms with van der Waals surface area (Å²) in [6.07, 6.45) is 0. The fourth-order valence-electron chi connectivity index (χ4n) is 2.05. The number of nitrogens with two attached hydrogens (primary N) is 1. The lowest BCUT2D eigenvalue weighted by Gasteiger charge is -2.05. The van der Waals surface area contributed by atoms with Gasteiger partial charge in [0.05, 0.1) is 10.6 Å². The van der Waals surface area contributed by atoms with Gasteiger partial charge in [0.25, 0.3) is 0 Å². The van der Waals surface area contributed by atoms with Crippen LogP contribution in [0.15, 0.2) is 53.1 Å². The van der Waals surface area contributed by atoms with E-state index in [1.165, 1.54) is 6.07 Å². The average molecular weight is 289 g/mol. The van der Waals surface area contributed by atoms with Crippen LogP contribution in [0.25, 0.3) is 22.5 Å². The molecule has 2 aromatic carbocycles. The molecule has 0 aliphatic rings. The minimum Gasteiger partial charge on any atom is -0.380 e. The van der Waals surface area contributed by atoms with Gasteiger partial charge in [-0.25, -0.2) is 4.39 Å². The molecule has 0 fully saturated rings. The summed E-state index contributed by atoms with van der Waals surface area (Å²) in [5.74, 6) is 0.00975. The molecule has 0 bridgehead atoms. The normalized spacial score (nSPS) is 10.7. The number of nitrogens with zero attached hydrogens (tertiary/aromatic N) is 1. The highest BCUT2D eigenvalue weighted by Crippen LogP contribution is 2.38. The predicted octanol–water partition coefficient (Wildman–Crippen LogP) is 4.38. The first kappa shape index (κ1) is 12.7. The van der Waals surface area contributed by atoms with E-state index in [2.05, 4.69) is 5.16 Å². The second-order valence-electron chi connectivity index (χ2n) is 4.24. The lowest BCUT2D eigenvalue weighted by atomic mass is 10.0. The first-order valence-corrected chi connectivity index (χ1v) is 6.31. The summed E-state index contributed by atoms with van der Waals surface area (Å²) in [5.41, 5.74) is 7.27. The zero-order valence-electron chi connectivity index (χ0n) is 10.3. The Bertz CT molecular complexity index is 756. The van der Waals surface area contributed by atoms with Crippen molar-refractivity contribution in [1.82, 2.24) is 5.16 Å². The Morgan fingerprint density at radius 3 is 2.55 bits per heavy atom. The van der Waals surface area contributed by atoms with Gasteiger partial charge in [0.1, 0.15) is 5.82 Å². The quantitative estimate of drug-likeness (QED) is 0.761. The highest BCUT2D eigenvalue weighted by molar-refractivity contribution is 6.31. The Morgan fingerprint density at radius 1 is 1.05 bits per heavy atom. The largest absolute Gasteiger partial charge is 0.380 e. The van der Waals surface area contributed by atoms with Crippen molar-refractivity contribution < 1.29 is 8.91 Å². The molecule has 0 saturated carbocycles. The van der Waals surface area contributed by atoms with Gasteiger partial charge in [0.15, 0.2) is 11.6 Å². The molecule has 0 radical (unpaired) electrons. The van der Waals surface area contributed by atoms with Gasteiger partial charge in [-0.1, -0.05) is 59.2 Å². The second kappa shape index (κ2) is 4.98. The van der Waals surface area contributed by atoms with Crippen molar-refractivity contribution in [3.8, 4) is 22.5 Å². The predicted molar refractivity (Wildman–Crippen MR) is 76.8 cm³/mol. The third-order valence-electron chi connectivity index (χ3n) is 2.98. The number of anilines is 1. The van der Waals surface area contributed by atoms with Crippen LogP contribution >= 0.6 is 11.6 Å². The van der Waals surface area contributed by atoms with Crippen LogP contribution in [-0.2, 0) is 0 Å². The topological polar surface area (TPSA) is 52.0 Å². The number of hydrogen-bond donors (Lipinski definition) is 1. The van der Waals surface area contributed by atoms with E-state index < -0.39 is 5.82 Å². The SMILES string of the molecule is Nc1noc(-c2ccccc2)c1-c1cccc(Cl)c1F. The molecule has 0 aliphatic carbocycles. The minimum absolute atomic E-state index is 0.0297. The Balaban J connectivity index is 2.25. The van der Waals surface area contributed by atoms with Crippen molar-refractivity contribution >= 4 is 17.4 Å². The summed E-state index contributed by atoms with van der Waals surface area (Å²) < 4.78 is 19.4. The van der Waals surface area contributed by atoms with Crippen molar-refractivity contribution in [2.24, 2.45) is 0 Å². The number of nitrogen functional groups attached to an aromatic ring is 1. The number of rotatable bonds is 2. The van der Waals surface area contributed by atoms with E-state index >= 15 is 0 Å². The van der Waals surface area contributed by atoms with Gasteiger partial charge in [0, 0.05) is 11.1 Å². The summed E-state index contributed by atoms with van der Waals surface area (Å²) in [5, 5.41) is 3.76. The first-order chi connectivity index (χ1) is 9.68. The number of aromatic nitrogens is 1. The maximum atomic E-state index is 14.2. The third-order valence-corrected chi connectivity index (χ3v) is 3.27. The van der Waals surface area contributed by atoms with Crippen LogP contribution in [0.5, 0.6) is 0 Å². The van der Waals surface area contributed by atoms with Crippen molar-refractivity contribution in [3.63, 3.8) is 0 Å². The molecule has 1 heterocycles. The van der Waals surface area contributed by atoms with Crippen LogP contribution < -0.4 is 5.73 Å².